The van der Waals surface area contributed by atoms with Gasteiger partial charge in [-0.1, -0.05) is 15.9 Å². The number of nitrogen functional groups attached to an aromatic ring is 1. The zero-order chi connectivity index (χ0) is 11.7. The zero-order valence-corrected chi connectivity index (χ0v) is 11.1. The highest BCUT2D eigenvalue weighted by molar-refractivity contribution is 9.11. The third-order valence-corrected chi connectivity index (χ3v) is 3.22. The molecular formula is C10H6Br2N4. The van der Waals surface area contributed by atoms with Crippen LogP contribution in [0, 0.1) is 11.3 Å². The molecule has 0 aliphatic heterocycles. The van der Waals surface area contributed by atoms with Gasteiger partial charge in [0.15, 0.2) is 0 Å². The number of nitrogens with two attached hydrogens (primary N) is 1. The van der Waals surface area contributed by atoms with Crippen LogP contribution in [0.5, 0.6) is 0 Å². The van der Waals surface area contributed by atoms with E-state index in [4.69, 9.17) is 11.1 Å². The van der Waals surface area contributed by atoms with Crippen LogP contribution in [0.3, 0.4) is 0 Å². The Labute approximate surface area is 109 Å². The summed E-state index contributed by atoms with van der Waals surface area (Å²) in [7, 11) is 0. The molecule has 0 atom stereocenters. The van der Waals surface area contributed by atoms with Crippen molar-refractivity contribution in [1.29, 1.82) is 5.26 Å². The minimum Gasteiger partial charge on any atom is -0.322 e. The van der Waals surface area contributed by atoms with E-state index in [0.29, 0.717) is 11.3 Å². The second-order valence-electron chi connectivity index (χ2n) is 3.09. The third-order valence-electron chi connectivity index (χ3n) is 2.15. The van der Waals surface area contributed by atoms with Crippen molar-refractivity contribution in [2.75, 3.05) is 5.43 Å². The summed E-state index contributed by atoms with van der Waals surface area (Å²) in [5.41, 5.74) is 4.29. The fraction of sp³-hybridized carbons (Fsp3) is 0. The fourth-order valence-electron chi connectivity index (χ4n) is 1.47. The number of fused-ring (bicyclic) bond motifs is 1. The number of nitrogens with zero attached hydrogens (tertiary/aromatic N) is 2. The molecule has 0 fully saturated rings. The Balaban J connectivity index is 2.93. The number of benzene rings is 1. The number of anilines is 1. The molecular weight excluding hydrogens is 336 g/mol. The summed E-state index contributed by atoms with van der Waals surface area (Å²) in [4.78, 5) is 4.22. The van der Waals surface area contributed by atoms with E-state index in [9.17, 15) is 0 Å². The predicted octanol–water partition coefficient (Wildman–Crippen LogP) is 2.92. The van der Waals surface area contributed by atoms with Gasteiger partial charge >= 0.3 is 0 Å². The lowest BCUT2D eigenvalue weighted by molar-refractivity contribution is 1.30. The lowest BCUT2D eigenvalue weighted by Crippen LogP contribution is -2.09. The van der Waals surface area contributed by atoms with Crippen LogP contribution in [-0.4, -0.2) is 4.98 Å². The van der Waals surface area contributed by atoms with Crippen molar-refractivity contribution < 1.29 is 0 Å². The number of nitriles is 1. The number of pyridine rings is 1. The minimum atomic E-state index is 0.417. The monoisotopic (exact) mass is 340 g/mol. The largest absolute Gasteiger partial charge is 0.322 e. The van der Waals surface area contributed by atoms with Crippen LogP contribution in [0.15, 0.2) is 27.3 Å². The molecule has 3 N–H and O–H groups in total. The molecule has 0 saturated carbocycles. The van der Waals surface area contributed by atoms with E-state index in [0.717, 1.165) is 19.8 Å². The van der Waals surface area contributed by atoms with Gasteiger partial charge in [0.1, 0.15) is 6.07 Å². The quantitative estimate of drug-likeness (QED) is 0.617. The summed E-state index contributed by atoms with van der Waals surface area (Å²) in [6, 6.07) is 5.80. The van der Waals surface area contributed by atoms with Gasteiger partial charge < -0.3 is 5.43 Å². The van der Waals surface area contributed by atoms with Crippen LogP contribution in [0.25, 0.3) is 10.9 Å². The third kappa shape index (κ3) is 1.78. The van der Waals surface area contributed by atoms with E-state index in [1.807, 2.05) is 18.2 Å². The summed E-state index contributed by atoms with van der Waals surface area (Å²) in [5.74, 6) is 5.43. The number of hydrazine groups is 1. The van der Waals surface area contributed by atoms with E-state index in [1.54, 1.807) is 0 Å². The van der Waals surface area contributed by atoms with Gasteiger partial charge in [0.05, 0.1) is 16.8 Å². The molecule has 2 rings (SSSR count). The molecule has 1 heterocycles. The van der Waals surface area contributed by atoms with Crippen molar-refractivity contribution in [2.24, 2.45) is 5.84 Å². The molecule has 80 valence electrons. The Morgan fingerprint density at radius 2 is 2.12 bits per heavy atom. The average Bonchev–Trinajstić information content (AvgIpc) is 2.27. The number of halogens is 2. The Kier molecular flexibility index (Phi) is 3.10. The zero-order valence-electron chi connectivity index (χ0n) is 7.96. The summed E-state index contributed by atoms with van der Waals surface area (Å²) in [5, 5.41) is 9.73. The van der Waals surface area contributed by atoms with E-state index in [-0.39, 0.29) is 0 Å². The molecule has 0 amide bonds. The highest BCUT2D eigenvalue weighted by Crippen LogP contribution is 2.32. The smallest absolute Gasteiger partial charge is 0.103 e. The van der Waals surface area contributed by atoms with Crippen LogP contribution in [-0.2, 0) is 0 Å². The number of hydrogen-bond donors (Lipinski definition) is 2. The molecule has 0 aliphatic rings. The first-order chi connectivity index (χ1) is 7.67. The normalized spacial score (nSPS) is 10.1. The molecule has 0 bridgehead atoms. The number of hydrogen-bond acceptors (Lipinski definition) is 4. The van der Waals surface area contributed by atoms with Gasteiger partial charge in [-0.3, -0.25) is 10.8 Å². The molecule has 0 unspecified atom stereocenters. The average molecular weight is 342 g/mol. The first-order valence-electron chi connectivity index (χ1n) is 4.32. The molecule has 1 aromatic carbocycles. The maximum atomic E-state index is 8.94. The van der Waals surface area contributed by atoms with Crippen molar-refractivity contribution in [3.63, 3.8) is 0 Å². The first kappa shape index (κ1) is 11.3. The lowest BCUT2D eigenvalue weighted by atomic mass is 10.1. The predicted molar refractivity (Wildman–Crippen MR) is 69.7 cm³/mol. The maximum absolute atomic E-state index is 8.94. The summed E-state index contributed by atoms with van der Waals surface area (Å²) in [6.07, 6.45) is 1.50. The summed E-state index contributed by atoms with van der Waals surface area (Å²) in [6.45, 7) is 0. The maximum Gasteiger partial charge on any atom is 0.103 e. The minimum absolute atomic E-state index is 0.417. The van der Waals surface area contributed by atoms with Gasteiger partial charge in [0.2, 0.25) is 0 Å². The van der Waals surface area contributed by atoms with Gasteiger partial charge in [-0.2, -0.15) is 5.26 Å². The molecule has 2 aromatic rings. The van der Waals surface area contributed by atoms with Crippen molar-refractivity contribution in [3.05, 3.63) is 32.8 Å². The molecule has 0 spiro atoms. The van der Waals surface area contributed by atoms with Crippen LogP contribution < -0.4 is 11.3 Å². The van der Waals surface area contributed by atoms with Crippen LogP contribution in [0.1, 0.15) is 5.56 Å². The molecule has 0 radical (unpaired) electrons. The van der Waals surface area contributed by atoms with Gasteiger partial charge in [0, 0.05) is 20.5 Å². The van der Waals surface area contributed by atoms with Crippen molar-refractivity contribution >= 4 is 48.5 Å². The number of aromatic nitrogens is 1. The van der Waals surface area contributed by atoms with E-state index in [2.05, 4.69) is 42.3 Å². The SMILES string of the molecule is N#Cc1cnc2c(Br)cc(Br)cc2c1NN. The van der Waals surface area contributed by atoms with Gasteiger partial charge in [0.25, 0.3) is 0 Å². The van der Waals surface area contributed by atoms with Crippen molar-refractivity contribution in [3.8, 4) is 6.07 Å². The van der Waals surface area contributed by atoms with Crippen molar-refractivity contribution in [2.45, 2.75) is 0 Å². The van der Waals surface area contributed by atoms with Gasteiger partial charge in [-0.05, 0) is 28.1 Å². The van der Waals surface area contributed by atoms with Gasteiger partial charge in [-0.15, -0.1) is 0 Å². The molecule has 1 aromatic heterocycles. The Morgan fingerprint density at radius 1 is 1.38 bits per heavy atom. The van der Waals surface area contributed by atoms with Crippen LogP contribution in [0.2, 0.25) is 0 Å². The number of rotatable bonds is 1. The lowest BCUT2D eigenvalue weighted by Gasteiger charge is -2.08. The second kappa shape index (κ2) is 4.37. The molecule has 16 heavy (non-hydrogen) atoms. The van der Waals surface area contributed by atoms with E-state index >= 15 is 0 Å². The molecule has 0 aliphatic carbocycles. The van der Waals surface area contributed by atoms with Gasteiger partial charge in [-0.25, -0.2) is 0 Å². The molecule has 0 saturated heterocycles. The standard InChI is InChI=1S/C10H6Br2N4/c11-6-1-7-9(16-14)5(3-13)4-15-10(7)8(12)2-6/h1-2,4H,14H2,(H,15,16). The highest BCUT2D eigenvalue weighted by Gasteiger charge is 2.10. The van der Waals surface area contributed by atoms with Crippen LogP contribution in [0.4, 0.5) is 5.69 Å². The molecule has 6 heteroatoms. The first-order valence-corrected chi connectivity index (χ1v) is 5.90. The Morgan fingerprint density at radius 3 is 2.75 bits per heavy atom. The van der Waals surface area contributed by atoms with Crippen LogP contribution >= 0.6 is 31.9 Å². The fourth-order valence-corrected chi connectivity index (χ4v) is 2.79. The molecule has 4 nitrogen and oxygen atoms in total. The Bertz CT molecular complexity index is 604. The van der Waals surface area contributed by atoms with E-state index in [1.165, 1.54) is 6.20 Å². The summed E-state index contributed by atoms with van der Waals surface area (Å²) >= 11 is 6.80. The second-order valence-corrected chi connectivity index (χ2v) is 4.86. The highest BCUT2D eigenvalue weighted by atomic mass is 79.9. The summed E-state index contributed by atoms with van der Waals surface area (Å²) < 4.78 is 1.73. The van der Waals surface area contributed by atoms with Crippen molar-refractivity contribution in [1.82, 2.24) is 4.98 Å². The van der Waals surface area contributed by atoms with E-state index < -0.39 is 0 Å². The Hall–Kier alpha value is -1.16. The number of nitrogens with one attached hydrogen (secondary N) is 1. The topological polar surface area (TPSA) is 74.7 Å².